The van der Waals surface area contributed by atoms with Gasteiger partial charge in [-0.2, -0.15) is 0 Å². The zero-order valence-corrected chi connectivity index (χ0v) is 54.2. The summed E-state index contributed by atoms with van der Waals surface area (Å²) in [6.45, 7) is 23.2. The van der Waals surface area contributed by atoms with Crippen LogP contribution in [0.15, 0.2) is 24.3 Å². The van der Waals surface area contributed by atoms with Crippen molar-refractivity contribution in [1.82, 2.24) is 50.2 Å². The molecule has 0 aromatic heterocycles. The Labute approximate surface area is 495 Å². The Kier molecular flexibility index (Phi) is 29.2. The van der Waals surface area contributed by atoms with Crippen LogP contribution in [0.3, 0.4) is 0 Å². The van der Waals surface area contributed by atoms with Gasteiger partial charge in [0, 0.05) is 55.3 Å². The summed E-state index contributed by atoms with van der Waals surface area (Å²) in [6.07, 6.45) is 0.403. The minimum absolute atomic E-state index is 0.0480. The van der Waals surface area contributed by atoms with Crippen LogP contribution in [0.4, 0.5) is 0 Å². The summed E-state index contributed by atoms with van der Waals surface area (Å²) in [6, 6.07) is -2.61. The number of amides is 9. The van der Waals surface area contributed by atoms with Gasteiger partial charge in [0.1, 0.15) is 60.1 Å². The molecule has 0 radical (unpaired) electrons. The second-order valence-corrected chi connectivity index (χ2v) is 24.6. The molecular weight excluding hydrogens is 1060 g/mol. The lowest BCUT2D eigenvalue weighted by molar-refractivity contribution is -0.169. The number of likely N-dealkylation sites (N-methyl/N-ethyl adjacent to an activating group) is 7. The van der Waals surface area contributed by atoms with Crippen molar-refractivity contribution >= 4 is 59.1 Å². The topological polar surface area (TPSA) is 248 Å². The third-order valence-corrected chi connectivity index (χ3v) is 16.0. The van der Waals surface area contributed by atoms with Crippen molar-refractivity contribution in [2.45, 2.75) is 195 Å². The zero-order valence-electron chi connectivity index (χ0n) is 54.2. The van der Waals surface area contributed by atoms with E-state index in [9.17, 15) is 43.2 Å². The van der Waals surface area contributed by atoms with Gasteiger partial charge in [0.05, 0.1) is 7.11 Å². The van der Waals surface area contributed by atoms with Gasteiger partial charge in [-0.1, -0.05) is 87.8 Å². The Morgan fingerprint density at radius 2 is 1.22 bits per heavy atom. The average Bonchev–Trinajstić information content (AvgIpc) is 3.50. The van der Waals surface area contributed by atoms with Gasteiger partial charge in [0.15, 0.2) is 6.10 Å². The molecule has 1 aromatic carbocycles. The van der Waals surface area contributed by atoms with Crippen LogP contribution < -0.4 is 20.7 Å². The molecule has 1 heterocycles. The summed E-state index contributed by atoms with van der Waals surface area (Å²) < 4.78 is 11.2. The van der Waals surface area contributed by atoms with Crippen LogP contribution in [0.5, 0.6) is 5.75 Å². The molecule has 0 aliphatic carbocycles. The van der Waals surface area contributed by atoms with Crippen molar-refractivity contribution in [1.29, 1.82) is 0 Å². The first-order chi connectivity index (χ1) is 38.5. The summed E-state index contributed by atoms with van der Waals surface area (Å²) in [7, 11) is 14.0. The third-order valence-electron chi connectivity index (χ3n) is 16.0. The molecule has 470 valence electrons. The fourth-order valence-electron chi connectivity index (χ4n) is 10.6. The fraction of sp³-hybridized carbons (Fsp3) is 0.738. The lowest BCUT2D eigenvalue weighted by atomic mass is 9.96. The largest absolute Gasteiger partial charge is 0.497 e. The molecule has 1 aromatic rings. The van der Waals surface area contributed by atoms with Crippen LogP contribution in [-0.4, -0.2) is 224 Å². The number of esters is 1. The highest BCUT2D eigenvalue weighted by molar-refractivity contribution is 5.98. The summed E-state index contributed by atoms with van der Waals surface area (Å²) in [4.78, 5) is 154. The summed E-state index contributed by atoms with van der Waals surface area (Å²) in [5.74, 6) is -6.43. The predicted molar refractivity (Wildman–Crippen MR) is 319 cm³/mol. The Hall–Kier alpha value is -6.32. The van der Waals surface area contributed by atoms with Gasteiger partial charge in [0.2, 0.25) is 47.3 Å². The molecule has 0 unspecified atom stereocenters. The Morgan fingerprint density at radius 3 is 1.71 bits per heavy atom. The van der Waals surface area contributed by atoms with Crippen molar-refractivity contribution in [3.8, 4) is 5.75 Å². The summed E-state index contributed by atoms with van der Waals surface area (Å²) in [5, 5.41) is 8.56. The van der Waals surface area contributed by atoms with Crippen LogP contribution in [0.1, 0.15) is 134 Å². The van der Waals surface area contributed by atoms with Crippen LogP contribution in [-0.2, 0) is 59.1 Å². The molecule has 1 aliphatic heterocycles. The van der Waals surface area contributed by atoms with E-state index in [-0.39, 0.29) is 56.4 Å². The number of hydrogen-bond acceptors (Lipinski definition) is 13. The number of nitrogens with one attached hydrogen (secondary N) is 3. The van der Waals surface area contributed by atoms with Crippen molar-refractivity contribution in [2.24, 2.45) is 29.6 Å². The quantitative estimate of drug-likeness (QED) is 0.157. The first kappa shape index (κ1) is 72.8. The molecule has 1 aliphatic rings. The number of methoxy groups -OCH3 is 1. The van der Waals surface area contributed by atoms with E-state index in [1.807, 2.05) is 48.5 Å². The molecular formula is C61H104N10O12. The van der Waals surface area contributed by atoms with Gasteiger partial charge < -0.3 is 54.8 Å². The van der Waals surface area contributed by atoms with E-state index in [1.54, 1.807) is 78.2 Å². The molecule has 0 spiro atoms. The molecule has 0 saturated carbocycles. The van der Waals surface area contributed by atoms with Crippen LogP contribution in [0.2, 0.25) is 0 Å². The van der Waals surface area contributed by atoms with E-state index in [1.165, 1.54) is 85.4 Å². The van der Waals surface area contributed by atoms with E-state index in [2.05, 4.69) is 16.0 Å². The normalized spacial score (nSPS) is 22.5. The first-order valence-electron chi connectivity index (χ1n) is 29.5. The monoisotopic (exact) mass is 1170 g/mol. The first-order valence-corrected chi connectivity index (χ1v) is 29.5. The number of hydrogen-bond donors (Lipinski definition) is 3. The number of ether oxygens (including phenoxy) is 2. The molecule has 1 fully saturated rings. The minimum atomic E-state index is -1.22. The molecule has 11 atom stereocenters. The van der Waals surface area contributed by atoms with Gasteiger partial charge in [-0.15, -0.1) is 0 Å². The number of nitrogens with zero attached hydrogens (tertiary/aromatic N) is 7. The third kappa shape index (κ3) is 20.2. The molecule has 2 rings (SSSR count). The second-order valence-electron chi connectivity index (χ2n) is 24.6. The highest BCUT2D eigenvalue weighted by Crippen LogP contribution is 2.24. The highest BCUT2D eigenvalue weighted by atomic mass is 16.6. The molecule has 1 saturated heterocycles. The summed E-state index contributed by atoms with van der Waals surface area (Å²) in [5.41, 5.74) is 0.728. The van der Waals surface area contributed by atoms with Crippen LogP contribution in [0, 0.1) is 29.6 Å². The highest BCUT2D eigenvalue weighted by Gasteiger charge is 2.42. The maximum Gasteiger partial charge on any atom is 0.324 e. The van der Waals surface area contributed by atoms with Crippen LogP contribution >= 0.6 is 0 Å². The molecule has 9 amide bonds. The standard InChI is InChI=1S/C61H104N10O12/c1-23-39(10)50-54(74)63-40(11)55(75)69(19)47(32-35(2)3)53(73)64-45(34-43-27-29-44(82-22)30-28-43)58(78)66(16)31-25-24-26-46(52(72)62-41(12)56(76)71(50)21)68(18)59(79)48(33-36(4)5)70(20)57(77)42(13)67(17)60(80)51(38(8)9)83-61(81)49(37(6)7)65(14)15/h27-30,35-42,45-51H,23-26,31-34H2,1-22H3,(H,62,72)(H,63,74)(H,64,73)/t39-,40-,41-,42-,45-,46-,47-,48-,49-,50-,51+/m0/s1. The Morgan fingerprint density at radius 1 is 0.663 bits per heavy atom. The second kappa shape index (κ2) is 33.2. The zero-order chi connectivity index (χ0) is 63.7. The van der Waals surface area contributed by atoms with E-state index in [0.29, 0.717) is 18.6 Å². The number of rotatable bonds is 20. The molecule has 0 bridgehead atoms. The smallest absolute Gasteiger partial charge is 0.324 e. The predicted octanol–water partition coefficient (Wildman–Crippen LogP) is 3.82. The SMILES string of the molecule is CC[C@H](C)[C@H]1C(=O)N[C@@H](C)C(=O)N(C)[C@@H](CC(C)C)C(=O)N[C@@H](Cc2ccc(OC)cc2)C(=O)N(C)CCCC[C@H](N(C)C(=O)[C@H](CC(C)C)N(C)C(=O)[C@H](C)N(C)C(=O)[C@H](OC(=O)[C@H](C(C)C)N(C)C)C(C)C)C(=O)N[C@@H](C)C(=O)N1C. The number of carbonyl (C=O) groups is 10. The minimum Gasteiger partial charge on any atom is -0.497 e. The fourth-order valence-corrected chi connectivity index (χ4v) is 10.6. The Bertz CT molecular complexity index is 2360. The van der Waals surface area contributed by atoms with E-state index in [4.69, 9.17) is 9.47 Å². The number of benzene rings is 1. The molecule has 22 heteroatoms. The lowest BCUT2D eigenvalue weighted by Crippen LogP contribution is -2.61. The average molecular weight is 1170 g/mol. The molecule has 22 nitrogen and oxygen atoms in total. The lowest BCUT2D eigenvalue weighted by Gasteiger charge is -2.38. The summed E-state index contributed by atoms with van der Waals surface area (Å²) >= 11 is 0. The van der Waals surface area contributed by atoms with E-state index >= 15 is 4.79 Å². The number of carbonyl (C=O) groups excluding carboxylic acids is 10. The van der Waals surface area contributed by atoms with Gasteiger partial charge in [-0.25, -0.2) is 0 Å². The van der Waals surface area contributed by atoms with Crippen molar-refractivity contribution in [3.63, 3.8) is 0 Å². The Balaban J connectivity index is 2.73. The maximum absolute atomic E-state index is 15.1. The van der Waals surface area contributed by atoms with Gasteiger partial charge in [-0.3, -0.25) is 52.8 Å². The molecule has 83 heavy (non-hydrogen) atoms. The van der Waals surface area contributed by atoms with Crippen molar-refractivity contribution in [2.75, 3.05) is 70.0 Å². The van der Waals surface area contributed by atoms with Crippen LogP contribution in [0.25, 0.3) is 0 Å². The van der Waals surface area contributed by atoms with E-state index < -0.39 is 131 Å². The van der Waals surface area contributed by atoms with Gasteiger partial charge in [0.25, 0.3) is 5.91 Å². The van der Waals surface area contributed by atoms with Crippen molar-refractivity contribution < 1.29 is 57.4 Å². The van der Waals surface area contributed by atoms with E-state index in [0.717, 1.165) is 5.56 Å². The van der Waals surface area contributed by atoms with Gasteiger partial charge >= 0.3 is 5.97 Å². The van der Waals surface area contributed by atoms with Gasteiger partial charge in [-0.05, 0) is 114 Å². The molecule has 3 N–H and O–H groups in total. The maximum atomic E-state index is 15.1. The van der Waals surface area contributed by atoms with Crippen molar-refractivity contribution in [3.05, 3.63) is 29.8 Å².